The van der Waals surface area contributed by atoms with Gasteiger partial charge < -0.3 is 14.9 Å². The van der Waals surface area contributed by atoms with E-state index in [1.807, 2.05) is 0 Å². The van der Waals surface area contributed by atoms with Gasteiger partial charge in [-0.05, 0) is 31.2 Å². The molecule has 1 saturated heterocycles. The molecule has 2 atom stereocenters. The molecule has 0 aliphatic carbocycles. The molecule has 37 heavy (non-hydrogen) atoms. The number of cyclic esters (lactones) is 1. The van der Waals surface area contributed by atoms with E-state index in [0.717, 1.165) is 5.69 Å². The van der Waals surface area contributed by atoms with Gasteiger partial charge in [0.05, 0.1) is 36.7 Å². The zero-order valence-corrected chi connectivity index (χ0v) is 20.1. The van der Waals surface area contributed by atoms with Gasteiger partial charge in [0.2, 0.25) is 5.91 Å². The van der Waals surface area contributed by atoms with E-state index in [-0.39, 0.29) is 29.7 Å². The molecule has 1 aromatic heterocycles. The molecule has 1 unspecified atom stereocenters. The maximum absolute atomic E-state index is 15.1. The van der Waals surface area contributed by atoms with Crippen LogP contribution in [0, 0.1) is 18.6 Å². The molecule has 1 N–H and O–H groups in total. The first-order valence-electron chi connectivity index (χ1n) is 11.7. The van der Waals surface area contributed by atoms with Crippen LogP contribution >= 0.6 is 0 Å². The Bertz CT molecular complexity index is 1390. The number of hydrogen-bond donors (Lipinski definition) is 1. The normalized spacial score (nSPS) is 19.0. The van der Waals surface area contributed by atoms with E-state index in [0.29, 0.717) is 36.5 Å². The molecule has 0 saturated carbocycles. The number of nitrogens with zero attached hydrogens (tertiary/aromatic N) is 5. The summed E-state index contributed by atoms with van der Waals surface area (Å²) in [5, 5.41) is 14.5. The van der Waals surface area contributed by atoms with Gasteiger partial charge in [-0.3, -0.25) is 9.69 Å². The van der Waals surface area contributed by atoms with Crippen molar-refractivity contribution in [2.24, 2.45) is 5.16 Å². The molecule has 0 radical (unpaired) electrons. The number of oxime groups is 1. The molecule has 2 aromatic carbocycles. The Labute approximate surface area is 210 Å². The standard InChI is InChI=1S/C25H24F2N6O4/c1-14-11-32(31-29-14)12-19-13-33(25(35)36-19)17-4-6-21(23(27)8-17)20-5-3-16(7-22(20)26)24-9-18(37-30-24)10-28-15(2)34/h3-8,11,18-19H,9-10,12-13H2,1-2H3,(H,28,34)/t18?,19-/m0/s1. The minimum atomic E-state index is -0.677. The fraction of sp³-hybridized carbons (Fsp3) is 0.320. The van der Waals surface area contributed by atoms with Crippen LogP contribution in [-0.4, -0.2) is 58.0 Å². The van der Waals surface area contributed by atoms with Crippen molar-refractivity contribution in [2.45, 2.75) is 39.0 Å². The van der Waals surface area contributed by atoms with Gasteiger partial charge in [0.25, 0.3) is 0 Å². The van der Waals surface area contributed by atoms with E-state index in [1.54, 1.807) is 29.9 Å². The number of nitrogens with one attached hydrogen (secondary N) is 1. The van der Waals surface area contributed by atoms with E-state index in [2.05, 4.69) is 20.8 Å². The van der Waals surface area contributed by atoms with Crippen molar-refractivity contribution in [3.63, 3.8) is 0 Å². The molecule has 3 heterocycles. The summed E-state index contributed by atoms with van der Waals surface area (Å²) < 4.78 is 37.1. The Morgan fingerprint density at radius 2 is 1.89 bits per heavy atom. The summed E-state index contributed by atoms with van der Waals surface area (Å²) >= 11 is 0. The largest absolute Gasteiger partial charge is 0.442 e. The Morgan fingerprint density at radius 1 is 1.14 bits per heavy atom. The number of carbonyl (C=O) groups excluding carboxylic acids is 2. The molecule has 3 aromatic rings. The minimum Gasteiger partial charge on any atom is -0.442 e. The van der Waals surface area contributed by atoms with Crippen molar-refractivity contribution in [2.75, 3.05) is 18.0 Å². The topological polar surface area (TPSA) is 111 Å². The Hall–Kier alpha value is -4.35. The zero-order valence-electron chi connectivity index (χ0n) is 20.1. The number of rotatable bonds is 7. The highest BCUT2D eigenvalue weighted by atomic mass is 19.1. The third-order valence-electron chi connectivity index (χ3n) is 6.09. The van der Waals surface area contributed by atoms with Crippen LogP contribution < -0.4 is 10.2 Å². The highest BCUT2D eigenvalue weighted by molar-refractivity contribution is 6.01. The number of carbonyl (C=O) groups is 2. The van der Waals surface area contributed by atoms with Crippen molar-refractivity contribution in [1.82, 2.24) is 20.3 Å². The number of benzene rings is 2. The highest BCUT2D eigenvalue weighted by Crippen LogP contribution is 2.31. The first-order chi connectivity index (χ1) is 17.8. The summed E-state index contributed by atoms with van der Waals surface area (Å²) in [7, 11) is 0. The number of aryl methyl sites for hydroxylation is 1. The molecule has 0 spiro atoms. The fourth-order valence-corrected chi connectivity index (χ4v) is 4.29. The monoisotopic (exact) mass is 510 g/mol. The van der Waals surface area contributed by atoms with E-state index < -0.39 is 23.8 Å². The number of aromatic nitrogens is 3. The molecule has 2 amide bonds. The van der Waals surface area contributed by atoms with Gasteiger partial charge in [-0.2, -0.15) is 0 Å². The van der Waals surface area contributed by atoms with Crippen molar-refractivity contribution in [1.29, 1.82) is 0 Å². The lowest BCUT2D eigenvalue weighted by Gasteiger charge is -2.15. The number of hydrogen-bond acceptors (Lipinski definition) is 7. The van der Waals surface area contributed by atoms with Crippen LogP contribution in [-0.2, 0) is 20.9 Å². The fourth-order valence-electron chi connectivity index (χ4n) is 4.29. The zero-order chi connectivity index (χ0) is 26.1. The van der Waals surface area contributed by atoms with E-state index in [4.69, 9.17) is 9.57 Å². The van der Waals surface area contributed by atoms with E-state index in [9.17, 15) is 9.59 Å². The van der Waals surface area contributed by atoms with Crippen LogP contribution in [0.3, 0.4) is 0 Å². The molecule has 5 rings (SSSR count). The predicted molar refractivity (Wildman–Crippen MR) is 129 cm³/mol. The molecule has 192 valence electrons. The number of amides is 2. The number of anilines is 1. The molecule has 0 bridgehead atoms. The molecule has 12 heteroatoms. The van der Waals surface area contributed by atoms with Gasteiger partial charge in [0.15, 0.2) is 0 Å². The Balaban J connectivity index is 1.27. The molecule has 10 nitrogen and oxygen atoms in total. The number of halogens is 2. The SMILES string of the molecule is CC(=O)NCC1CC(c2ccc(-c3ccc(N4C[C@H](Cn5cc(C)nn5)OC4=O)cc3F)c(F)c2)=NO1. The summed E-state index contributed by atoms with van der Waals surface area (Å²) in [5.74, 6) is -1.48. The maximum atomic E-state index is 15.1. The van der Waals surface area contributed by atoms with Gasteiger partial charge in [-0.1, -0.05) is 22.5 Å². The van der Waals surface area contributed by atoms with Crippen LogP contribution in [0.2, 0.25) is 0 Å². The summed E-state index contributed by atoms with van der Waals surface area (Å²) in [6.07, 6.45) is 0.749. The van der Waals surface area contributed by atoms with Gasteiger partial charge in [0.1, 0.15) is 23.8 Å². The van der Waals surface area contributed by atoms with E-state index in [1.165, 1.54) is 36.1 Å². The van der Waals surface area contributed by atoms with Gasteiger partial charge in [-0.15, -0.1) is 5.10 Å². The van der Waals surface area contributed by atoms with Gasteiger partial charge in [0, 0.05) is 36.2 Å². The summed E-state index contributed by atoms with van der Waals surface area (Å²) in [5.41, 5.74) is 2.24. The highest BCUT2D eigenvalue weighted by Gasteiger charge is 2.33. The maximum Gasteiger partial charge on any atom is 0.414 e. The van der Waals surface area contributed by atoms with Crippen molar-refractivity contribution < 1.29 is 27.9 Å². The first-order valence-corrected chi connectivity index (χ1v) is 11.7. The van der Waals surface area contributed by atoms with Crippen molar-refractivity contribution >= 4 is 23.4 Å². The van der Waals surface area contributed by atoms with Crippen LogP contribution in [0.15, 0.2) is 47.8 Å². The third kappa shape index (κ3) is 5.27. The summed E-state index contributed by atoms with van der Waals surface area (Å²) in [6.45, 7) is 4.05. The lowest BCUT2D eigenvalue weighted by Crippen LogP contribution is -2.30. The Morgan fingerprint density at radius 3 is 2.57 bits per heavy atom. The van der Waals surface area contributed by atoms with E-state index >= 15 is 8.78 Å². The second kappa shape index (κ2) is 9.96. The quantitative estimate of drug-likeness (QED) is 0.523. The average molecular weight is 511 g/mol. The smallest absolute Gasteiger partial charge is 0.414 e. The first kappa shape index (κ1) is 24.3. The second-order valence-corrected chi connectivity index (χ2v) is 8.96. The van der Waals surface area contributed by atoms with Crippen LogP contribution in [0.4, 0.5) is 19.3 Å². The predicted octanol–water partition coefficient (Wildman–Crippen LogP) is 3.19. The van der Waals surface area contributed by atoms with Crippen LogP contribution in [0.25, 0.3) is 11.1 Å². The third-order valence-corrected chi connectivity index (χ3v) is 6.09. The lowest BCUT2D eigenvalue weighted by atomic mass is 9.98. The molecular weight excluding hydrogens is 486 g/mol. The Kier molecular flexibility index (Phi) is 6.55. The number of ether oxygens (including phenoxy) is 1. The molecule has 2 aliphatic heterocycles. The summed E-state index contributed by atoms with van der Waals surface area (Å²) in [6, 6.07) is 8.57. The molecule has 2 aliphatic rings. The summed E-state index contributed by atoms with van der Waals surface area (Å²) in [4.78, 5) is 30.1. The lowest BCUT2D eigenvalue weighted by molar-refractivity contribution is -0.119. The van der Waals surface area contributed by atoms with Crippen LogP contribution in [0.1, 0.15) is 24.6 Å². The average Bonchev–Trinajstić information content (AvgIpc) is 3.58. The van der Waals surface area contributed by atoms with Gasteiger partial charge in [-0.25, -0.2) is 18.3 Å². The second-order valence-electron chi connectivity index (χ2n) is 8.96. The van der Waals surface area contributed by atoms with Crippen molar-refractivity contribution in [3.8, 4) is 11.1 Å². The van der Waals surface area contributed by atoms with Crippen molar-refractivity contribution in [3.05, 3.63) is 65.5 Å². The van der Waals surface area contributed by atoms with Gasteiger partial charge >= 0.3 is 6.09 Å². The molecular formula is C25H24F2N6O4. The molecule has 1 fully saturated rings. The van der Waals surface area contributed by atoms with Crippen LogP contribution in [0.5, 0.6) is 0 Å². The minimum absolute atomic E-state index is 0.0585.